The summed E-state index contributed by atoms with van der Waals surface area (Å²) in [5.74, 6) is -3.32. The molecule has 2 rings (SSSR count). The Labute approximate surface area is 549 Å². The highest BCUT2D eigenvalue weighted by atomic mass is 16.5. The number of hydrogen-bond donors (Lipinski definition) is 4. The van der Waals surface area contributed by atoms with Crippen LogP contribution in [0.4, 0.5) is 0 Å². The number of nitrogens with one attached hydrogen (secondary N) is 2. The van der Waals surface area contributed by atoms with Gasteiger partial charge in [-0.1, -0.05) is 160 Å². The van der Waals surface area contributed by atoms with Gasteiger partial charge in [-0.15, -0.1) is 0 Å². The van der Waals surface area contributed by atoms with Crippen molar-refractivity contribution >= 4 is 46.9 Å². The molecule has 1 aromatic rings. The molecule has 91 heavy (non-hydrogen) atoms. The minimum Gasteiger partial charge on any atom is -0.388 e. The standard InChI is InChI=1S/C42H79N5O9.C29H46N2O4/c1-17-27(7)38(33(54-14)23-35(49)43-53)45(12)41(51)29(9)40(56-16)31-20-19-21-47(31)36(50)24-34(55-15)39(28(8)18-2)46(13)42(52)30(25(3)4)22-32(48)37(26(5)6)44(10)11;1-19(2)23(16-20(3)25(34)18-32)30-27(35)22(28(4,5)6)17-24(33)26(31(9)10)29(7,8)21-14-12-11-13-15-21/h25-31,33-34,37-40,53H,17-24H2,1-16H3,(H,43,49);11-16,19,22-23,26,32H,17-18H2,1-10H3,(H,30,35)/b;20-16+/t27-,28-,29+,30-,31-,33+,34+,37-,38-,39-,40+;22-,23-,26-/m01/s1. The van der Waals surface area contributed by atoms with Crippen molar-refractivity contribution in [3.63, 3.8) is 0 Å². The molecule has 4 N–H and O–H groups in total. The lowest BCUT2D eigenvalue weighted by molar-refractivity contribution is -0.152. The van der Waals surface area contributed by atoms with E-state index in [1.165, 1.54) is 7.11 Å². The highest BCUT2D eigenvalue weighted by Crippen LogP contribution is 2.37. The molecule has 0 saturated carbocycles. The number of Topliss-reactive ketones (excluding diaryl/α,β-unsaturated/α-hetero) is 3. The highest BCUT2D eigenvalue weighted by molar-refractivity contribution is 5.96. The van der Waals surface area contributed by atoms with E-state index in [0.717, 1.165) is 24.8 Å². The number of likely N-dealkylation sites (N-methyl/N-ethyl adjacent to an activating group) is 4. The van der Waals surface area contributed by atoms with Gasteiger partial charge < -0.3 is 39.3 Å². The summed E-state index contributed by atoms with van der Waals surface area (Å²) < 4.78 is 17.8. The van der Waals surface area contributed by atoms with Gasteiger partial charge in [0.2, 0.25) is 29.5 Å². The molecule has 1 aliphatic rings. The van der Waals surface area contributed by atoms with E-state index in [2.05, 4.69) is 33.0 Å². The second-order valence-corrected chi connectivity index (χ2v) is 28.9. The van der Waals surface area contributed by atoms with Gasteiger partial charge in [-0.25, -0.2) is 5.48 Å². The molecule has 1 aliphatic heterocycles. The molecule has 1 saturated heterocycles. The first-order valence-electron chi connectivity index (χ1n) is 33.1. The molecule has 0 spiro atoms. The van der Waals surface area contributed by atoms with Gasteiger partial charge in [-0.2, -0.15) is 0 Å². The Morgan fingerprint density at radius 3 is 1.62 bits per heavy atom. The molecule has 20 heteroatoms. The lowest BCUT2D eigenvalue weighted by atomic mass is 9.71. The third-order valence-electron chi connectivity index (χ3n) is 19.3. The number of benzene rings is 1. The summed E-state index contributed by atoms with van der Waals surface area (Å²) in [7, 11) is 15.7. The molecule has 0 aliphatic carbocycles. The summed E-state index contributed by atoms with van der Waals surface area (Å²) >= 11 is 0. The number of amides is 5. The fourth-order valence-electron chi connectivity index (χ4n) is 13.7. The van der Waals surface area contributed by atoms with Gasteiger partial charge in [0.15, 0.2) is 17.3 Å². The number of ether oxygens (including phenoxy) is 3. The molecule has 5 amide bonds. The molecule has 0 bridgehead atoms. The quantitative estimate of drug-likeness (QED) is 0.0277. The normalized spacial score (nSPS) is 18.4. The van der Waals surface area contributed by atoms with Gasteiger partial charge >= 0.3 is 0 Å². The van der Waals surface area contributed by atoms with Crippen molar-refractivity contribution < 1.29 is 62.9 Å². The molecular formula is C71H125N7O13. The van der Waals surface area contributed by atoms with Crippen molar-refractivity contribution in [3.8, 4) is 0 Å². The third-order valence-corrected chi connectivity index (χ3v) is 19.3. The van der Waals surface area contributed by atoms with E-state index in [9.17, 15) is 43.6 Å². The van der Waals surface area contributed by atoms with Crippen LogP contribution < -0.4 is 10.8 Å². The Balaban J connectivity index is 0.00000101. The molecule has 20 nitrogen and oxygen atoms in total. The van der Waals surface area contributed by atoms with Crippen LogP contribution in [0.2, 0.25) is 0 Å². The number of aliphatic hydroxyl groups is 1. The first kappa shape index (κ1) is 84.1. The van der Waals surface area contributed by atoms with E-state index in [1.807, 2.05) is 144 Å². The first-order valence-corrected chi connectivity index (χ1v) is 33.1. The molecule has 522 valence electrons. The zero-order valence-electron chi connectivity index (χ0n) is 61.0. The predicted octanol–water partition coefficient (Wildman–Crippen LogP) is 8.67. The zero-order chi connectivity index (χ0) is 70.3. The molecule has 1 aromatic carbocycles. The second-order valence-electron chi connectivity index (χ2n) is 28.9. The molecule has 0 radical (unpaired) electrons. The summed E-state index contributed by atoms with van der Waals surface area (Å²) in [5, 5.41) is 21.4. The van der Waals surface area contributed by atoms with Crippen LogP contribution in [0.5, 0.6) is 0 Å². The summed E-state index contributed by atoms with van der Waals surface area (Å²) in [6.45, 7) is 33.4. The molecule has 1 heterocycles. The maximum Gasteiger partial charge on any atom is 0.246 e. The highest BCUT2D eigenvalue weighted by Gasteiger charge is 2.46. The topological polar surface area (TPSA) is 245 Å². The second kappa shape index (κ2) is 39.0. The molecule has 0 unspecified atom stereocenters. The fourth-order valence-corrected chi connectivity index (χ4v) is 13.7. The predicted molar refractivity (Wildman–Crippen MR) is 360 cm³/mol. The van der Waals surface area contributed by atoms with E-state index in [1.54, 1.807) is 68.4 Å². The first-order chi connectivity index (χ1) is 42.2. The average molecular weight is 1280 g/mol. The Bertz CT molecular complexity index is 2470. The maximum atomic E-state index is 14.3. The van der Waals surface area contributed by atoms with Crippen LogP contribution in [0.1, 0.15) is 175 Å². The van der Waals surface area contributed by atoms with E-state index in [-0.39, 0.29) is 114 Å². The Kier molecular flexibility index (Phi) is 36.1. The minimum atomic E-state index is -0.662. The van der Waals surface area contributed by atoms with E-state index >= 15 is 0 Å². The Morgan fingerprint density at radius 2 is 1.20 bits per heavy atom. The molecule has 14 atom stereocenters. The smallest absolute Gasteiger partial charge is 0.246 e. The Morgan fingerprint density at radius 1 is 0.681 bits per heavy atom. The fraction of sp³-hybridized carbons (Fsp3) is 0.775. The van der Waals surface area contributed by atoms with E-state index in [0.29, 0.717) is 18.5 Å². The summed E-state index contributed by atoms with van der Waals surface area (Å²) in [4.78, 5) is 117. The van der Waals surface area contributed by atoms with Gasteiger partial charge in [0.05, 0.1) is 73.3 Å². The van der Waals surface area contributed by atoms with Crippen LogP contribution in [0, 0.1) is 52.8 Å². The van der Waals surface area contributed by atoms with Crippen molar-refractivity contribution in [3.05, 3.63) is 47.5 Å². The van der Waals surface area contributed by atoms with Gasteiger partial charge in [0.1, 0.15) is 6.61 Å². The summed E-state index contributed by atoms with van der Waals surface area (Å²) in [6, 6.07) is 7.62. The average Bonchev–Trinajstić information content (AvgIpc) is 1.54. The number of carbonyl (C=O) groups excluding carboxylic acids is 8. The van der Waals surface area contributed by atoms with Crippen LogP contribution in [0.25, 0.3) is 0 Å². The number of ketones is 3. The lowest BCUT2D eigenvalue weighted by Crippen LogP contribution is -2.56. The van der Waals surface area contributed by atoms with Crippen LogP contribution in [-0.2, 0) is 58.0 Å². The van der Waals surface area contributed by atoms with Crippen molar-refractivity contribution in [1.29, 1.82) is 0 Å². The zero-order valence-corrected chi connectivity index (χ0v) is 61.0. The maximum absolute atomic E-state index is 14.3. The number of hydroxylamine groups is 1. The molecule has 0 aromatic heterocycles. The van der Waals surface area contributed by atoms with Crippen molar-refractivity contribution in [2.75, 3.05) is 76.8 Å². The van der Waals surface area contributed by atoms with Crippen LogP contribution in [0.15, 0.2) is 42.0 Å². The van der Waals surface area contributed by atoms with E-state index < -0.39 is 77.5 Å². The summed E-state index contributed by atoms with van der Waals surface area (Å²) in [5.41, 5.74) is 2.24. The lowest BCUT2D eigenvalue weighted by Gasteiger charge is -2.42. The number of carbonyl (C=O) groups is 8. The van der Waals surface area contributed by atoms with Crippen molar-refractivity contribution in [1.82, 2.24) is 35.3 Å². The number of rotatable bonds is 37. The van der Waals surface area contributed by atoms with Gasteiger partial charge in [0, 0.05) is 72.1 Å². The monoisotopic (exact) mass is 1280 g/mol. The number of methoxy groups -OCH3 is 3. The van der Waals surface area contributed by atoms with Crippen molar-refractivity contribution in [2.24, 2.45) is 52.8 Å². The van der Waals surface area contributed by atoms with Crippen LogP contribution in [-0.4, -0.2) is 213 Å². The largest absolute Gasteiger partial charge is 0.388 e. The van der Waals surface area contributed by atoms with Crippen LogP contribution >= 0.6 is 0 Å². The number of nitrogens with zero attached hydrogens (tertiary/aromatic N) is 5. The Hall–Kier alpha value is -4.96. The minimum absolute atomic E-state index is 0.0116. The van der Waals surface area contributed by atoms with Gasteiger partial charge in [-0.05, 0) is 94.1 Å². The third kappa shape index (κ3) is 23.8. The number of hydrogen-bond acceptors (Lipinski definition) is 15. The number of likely N-dealkylation sites (tertiary alicyclic amines) is 1. The summed E-state index contributed by atoms with van der Waals surface area (Å²) in [6.07, 6.45) is 2.79. The van der Waals surface area contributed by atoms with Crippen LogP contribution in [0.3, 0.4) is 0 Å². The molecule has 1 fully saturated rings. The van der Waals surface area contributed by atoms with Gasteiger partial charge in [-0.3, -0.25) is 53.4 Å². The number of aliphatic hydroxyl groups excluding tert-OH is 1. The molecular weight excluding hydrogens is 1160 g/mol. The van der Waals surface area contributed by atoms with E-state index in [4.69, 9.17) is 19.3 Å². The van der Waals surface area contributed by atoms with Gasteiger partial charge in [0.25, 0.3) is 0 Å². The van der Waals surface area contributed by atoms with Crippen molar-refractivity contribution in [2.45, 2.75) is 229 Å². The SMILES string of the molecule is C/C(=C\[C@@H](NC(=O)[C@@H](CC(=O)[C@@H](N(C)C)C(C)(C)c1ccccc1)C(C)(C)C)C(C)C)C(=O)CO.CC[C@H](C)[C@@H]([C@@H](CC(=O)N1CCC[C@H]1[C@H](OC)[C@@H](C)C(=O)N(C)[C@@H]([C@@H](C)CC)[C@@H](CC(=O)NO)OC)OC)N(C)C(=O)[C@@H](CC(=O)[C@H](C(C)C)N(C)C)C(C)C.